The molecule has 0 saturated heterocycles. The molecule has 1 aliphatic carbocycles. The molecule has 112 valence electrons. The summed E-state index contributed by atoms with van der Waals surface area (Å²) >= 11 is 0. The quantitative estimate of drug-likeness (QED) is 0.749. The van der Waals surface area contributed by atoms with Crippen LogP contribution in [0.1, 0.15) is 29.9 Å². The van der Waals surface area contributed by atoms with E-state index in [9.17, 15) is 0 Å². The largest absolute Gasteiger partial charge is 0.312 e. The van der Waals surface area contributed by atoms with E-state index in [-0.39, 0.29) is 0 Å². The summed E-state index contributed by atoms with van der Waals surface area (Å²) in [5.41, 5.74) is 3.94. The van der Waals surface area contributed by atoms with E-state index in [1.54, 1.807) is 0 Å². The van der Waals surface area contributed by atoms with Crippen molar-refractivity contribution in [1.29, 1.82) is 0 Å². The standard InChI is InChI=1S/C19H21N3/c1-2-4-16(5-3-1)18-8-15(9-18)12-20-11-14-6-7-17-13-21-22-19(17)10-14/h1-7,10,13,15,18,20H,8-9,11-12H2,(H,21,22). The van der Waals surface area contributed by atoms with Crippen LogP contribution in [0.4, 0.5) is 0 Å². The average molecular weight is 291 g/mol. The zero-order valence-corrected chi connectivity index (χ0v) is 12.6. The predicted molar refractivity (Wildman–Crippen MR) is 89.7 cm³/mol. The van der Waals surface area contributed by atoms with Crippen LogP contribution in [0, 0.1) is 5.92 Å². The molecule has 3 heteroatoms. The fourth-order valence-corrected chi connectivity index (χ4v) is 3.41. The van der Waals surface area contributed by atoms with E-state index in [0.29, 0.717) is 0 Å². The first-order chi connectivity index (χ1) is 10.9. The minimum Gasteiger partial charge on any atom is -0.312 e. The Morgan fingerprint density at radius 1 is 1.09 bits per heavy atom. The fraction of sp³-hybridized carbons (Fsp3) is 0.316. The fourth-order valence-electron chi connectivity index (χ4n) is 3.41. The van der Waals surface area contributed by atoms with Gasteiger partial charge in [0.25, 0.3) is 0 Å². The van der Waals surface area contributed by atoms with Gasteiger partial charge in [-0.05, 0) is 48.4 Å². The summed E-state index contributed by atoms with van der Waals surface area (Å²) in [4.78, 5) is 0. The molecule has 1 fully saturated rings. The number of rotatable bonds is 5. The van der Waals surface area contributed by atoms with Gasteiger partial charge in [0.15, 0.2) is 0 Å². The number of hydrogen-bond acceptors (Lipinski definition) is 2. The van der Waals surface area contributed by atoms with Gasteiger partial charge in [-0.25, -0.2) is 0 Å². The predicted octanol–water partition coefficient (Wildman–Crippen LogP) is 3.85. The Morgan fingerprint density at radius 3 is 2.82 bits per heavy atom. The minimum atomic E-state index is 0.773. The number of fused-ring (bicyclic) bond motifs is 1. The van der Waals surface area contributed by atoms with Gasteiger partial charge in [0, 0.05) is 11.9 Å². The first kappa shape index (κ1) is 13.5. The Balaban J connectivity index is 1.25. The topological polar surface area (TPSA) is 40.7 Å². The van der Waals surface area contributed by atoms with Crippen LogP contribution in [0.25, 0.3) is 10.9 Å². The van der Waals surface area contributed by atoms with Crippen molar-refractivity contribution in [2.24, 2.45) is 5.92 Å². The van der Waals surface area contributed by atoms with Crippen LogP contribution in [-0.4, -0.2) is 16.7 Å². The molecule has 2 N–H and O–H groups in total. The van der Waals surface area contributed by atoms with Crippen molar-refractivity contribution in [2.45, 2.75) is 25.3 Å². The monoisotopic (exact) mass is 291 g/mol. The lowest BCUT2D eigenvalue weighted by molar-refractivity contribution is 0.254. The lowest BCUT2D eigenvalue weighted by Crippen LogP contribution is -2.31. The van der Waals surface area contributed by atoms with Gasteiger partial charge in [-0.15, -0.1) is 0 Å². The first-order valence-electron chi connectivity index (χ1n) is 8.06. The molecule has 3 aromatic rings. The number of nitrogens with one attached hydrogen (secondary N) is 2. The number of aromatic amines is 1. The van der Waals surface area contributed by atoms with E-state index < -0.39 is 0 Å². The van der Waals surface area contributed by atoms with Crippen molar-refractivity contribution >= 4 is 10.9 Å². The van der Waals surface area contributed by atoms with Gasteiger partial charge in [-0.1, -0.05) is 42.5 Å². The van der Waals surface area contributed by atoms with Gasteiger partial charge in [-0.2, -0.15) is 5.10 Å². The molecule has 2 aromatic carbocycles. The van der Waals surface area contributed by atoms with E-state index in [0.717, 1.165) is 30.4 Å². The highest BCUT2D eigenvalue weighted by Crippen LogP contribution is 2.41. The van der Waals surface area contributed by atoms with Gasteiger partial charge in [0.1, 0.15) is 0 Å². The van der Waals surface area contributed by atoms with Crippen molar-refractivity contribution in [3.05, 3.63) is 65.9 Å². The maximum absolute atomic E-state index is 4.07. The first-order valence-corrected chi connectivity index (χ1v) is 8.06. The molecular formula is C19H21N3. The highest BCUT2D eigenvalue weighted by atomic mass is 15.1. The van der Waals surface area contributed by atoms with Crippen LogP contribution in [0.15, 0.2) is 54.7 Å². The van der Waals surface area contributed by atoms with Crippen LogP contribution in [0.5, 0.6) is 0 Å². The van der Waals surface area contributed by atoms with Crippen molar-refractivity contribution < 1.29 is 0 Å². The molecule has 1 aliphatic rings. The number of nitrogens with zero attached hydrogens (tertiary/aromatic N) is 1. The molecule has 4 rings (SSSR count). The molecule has 1 aromatic heterocycles. The number of aromatic nitrogens is 2. The van der Waals surface area contributed by atoms with Gasteiger partial charge >= 0.3 is 0 Å². The van der Waals surface area contributed by atoms with E-state index in [4.69, 9.17) is 0 Å². The number of H-pyrrole nitrogens is 1. The molecular weight excluding hydrogens is 270 g/mol. The van der Waals surface area contributed by atoms with Crippen LogP contribution in [0.2, 0.25) is 0 Å². The average Bonchev–Trinajstić information content (AvgIpc) is 2.98. The Hall–Kier alpha value is -2.13. The maximum atomic E-state index is 4.07. The van der Waals surface area contributed by atoms with Crippen LogP contribution in [-0.2, 0) is 6.54 Å². The van der Waals surface area contributed by atoms with Gasteiger partial charge in [-0.3, -0.25) is 5.10 Å². The zero-order chi connectivity index (χ0) is 14.8. The molecule has 1 saturated carbocycles. The van der Waals surface area contributed by atoms with E-state index in [1.165, 1.54) is 29.4 Å². The van der Waals surface area contributed by atoms with Crippen LogP contribution in [0.3, 0.4) is 0 Å². The maximum Gasteiger partial charge on any atom is 0.0653 e. The van der Waals surface area contributed by atoms with Crippen molar-refractivity contribution in [1.82, 2.24) is 15.5 Å². The molecule has 3 nitrogen and oxygen atoms in total. The second kappa shape index (κ2) is 5.93. The summed E-state index contributed by atoms with van der Waals surface area (Å²) in [6, 6.07) is 17.4. The lowest BCUT2D eigenvalue weighted by Gasteiger charge is -2.36. The van der Waals surface area contributed by atoms with E-state index in [2.05, 4.69) is 64.0 Å². The van der Waals surface area contributed by atoms with E-state index in [1.807, 2.05) is 6.20 Å². The van der Waals surface area contributed by atoms with Crippen molar-refractivity contribution in [3.63, 3.8) is 0 Å². The van der Waals surface area contributed by atoms with Gasteiger partial charge in [0.2, 0.25) is 0 Å². The number of hydrogen-bond donors (Lipinski definition) is 2. The van der Waals surface area contributed by atoms with Crippen LogP contribution < -0.4 is 5.32 Å². The summed E-state index contributed by atoms with van der Waals surface area (Å²) < 4.78 is 0. The third-order valence-corrected chi connectivity index (χ3v) is 4.78. The second-order valence-corrected chi connectivity index (χ2v) is 6.37. The molecule has 0 bridgehead atoms. The summed E-state index contributed by atoms with van der Waals surface area (Å²) in [6.07, 6.45) is 4.50. The SMILES string of the molecule is c1ccc(C2CC(CNCc3ccc4cn[nH]c4c3)C2)cc1. The summed E-state index contributed by atoms with van der Waals surface area (Å²) in [7, 11) is 0. The highest BCUT2D eigenvalue weighted by molar-refractivity contribution is 5.78. The minimum absolute atomic E-state index is 0.773. The van der Waals surface area contributed by atoms with Crippen molar-refractivity contribution in [2.75, 3.05) is 6.54 Å². The summed E-state index contributed by atoms with van der Waals surface area (Å²) in [5, 5.41) is 11.9. The Kier molecular flexibility index (Phi) is 3.65. The number of benzene rings is 2. The normalized spacial score (nSPS) is 20.9. The van der Waals surface area contributed by atoms with Gasteiger partial charge in [0.05, 0.1) is 11.7 Å². The molecule has 22 heavy (non-hydrogen) atoms. The summed E-state index contributed by atoms with van der Waals surface area (Å²) in [6.45, 7) is 2.05. The Bertz CT molecular complexity index is 741. The van der Waals surface area contributed by atoms with Crippen molar-refractivity contribution in [3.8, 4) is 0 Å². The Morgan fingerprint density at radius 2 is 1.95 bits per heavy atom. The molecule has 0 amide bonds. The second-order valence-electron chi connectivity index (χ2n) is 6.37. The third kappa shape index (κ3) is 2.77. The molecule has 0 spiro atoms. The molecule has 0 aliphatic heterocycles. The smallest absolute Gasteiger partial charge is 0.0653 e. The van der Waals surface area contributed by atoms with Crippen LogP contribution >= 0.6 is 0 Å². The van der Waals surface area contributed by atoms with Gasteiger partial charge < -0.3 is 5.32 Å². The van der Waals surface area contributed by atoms with E-state index >= 15 is 0 Å². The molecule has 0 unspecified atom stereocenters. The lowest BCUT2D eigenvalue weighted by atomic mass is 9.71. The summed E-state index contributed by atoms with van der Waals surface area (Å²) in [5.74, 6) is 1.59. The highest BCUT2D eigenvalue weighted by Gasteiger charge is 2.29. The molecule has 0 radical (unpaired) electrons. The third-order valence-electron chi connectivity index (χ3n) is 4.78. The molecule has 1 heterocycles. The Labute approximate surface area is 130 Å². The zero-order valence-electron chi connectivity index (χ0n) is 12.6. The molecule has 0 atom stereocenters.